The molecule has 1 aromatic carbocycles. The number of esters is 1. The lowest BCUT2D eigenvalue weighted by Crippen LogP contribution is -1.99. The lowest BCUT2D eigenvalue weighted by molar-refractivity contribution is -0.136. The van der Waals surface area contributed by atoms with Crippen LogP contribution in [0.25, 0.3) is 6.08 Å². The Morgan fingerprint density at radius 2 is 2.25 bits per heavy atom. The van der Waals surface area contributed by atoms with Gasteiger partial charge >= 0.3 is 5.97 Å². The number of ether oxygens (including phenoxy) is 1. The van der Waals surface area contributed by atoms with Crippen molar-refractivity contribution in [3.05, 3.63) is 54.1 Å². The summed E-state index contributed by atoms with van der Waals surface area (Å²) in [5.41, 5.74) is 1.22. The summed E-state index contributed by atoms with van der Waals surface area (Å²) < 4.78 is 4.76. The van der Waals surface area contributed by atoms with E-state index in [2.05, 4.69) is 6.58 Å². The highest BCUT2D eigenvalue weighted by Crippen LogP contribution is 2.09. The van der Waals surface area contributed by atoms with E-state index in [4.69, 9.17) is 10.00 Å². The van der Waals surface area contributed by atoms with Crippen LogP contribution in [0.15, 0.2) is 43.0 Å². The molecule has 1 aromatic rings. The molecule has 0 atom stereocenters. The summed E-state index contributed by atoms with van der Waals surface area (Å²) in [6.07, 6.45) is 4.35. The van der Waals surface area contributed by atoms with Crippen molar-refractivity contribution in [1.29, 1.82) is 5.26 Å². The molecule has 3 heteroatoms. The molecule has 0 bridgehead atoms. The Morgan fingerprint density at radius 3 is 2.94 bits per heavy atom. The third-order valence-corrected chi connectivity index (χ3v) is 1.82. The average Bonchev–Trinajstić information content (AvgIpc) is 2.34. The van der Waals surface area contributed by atoms with Crippen LogP contribution < -0.4 is 0 Å². The first kappa shape index (κ1) is 11.7. The van der Waals surface area contributed by atoms with Crippen molar-refractivity contribution in [2.45, 2.75) is 0 Å². The van der Waals surface area contributed by atoms with Gasteiger partial charge in [0.2, 0.25) is 0 Å². The highest BCUT2D eigenvalue weighted by atomic mass is 16.5. The topological polar surface area (TPSA) is 50.1 Å². The first-order chi connectivity index (χ1) is 7.77. The standard InChI is InChI=1S/C13H11NO2/c1-2-9-16-13(15)8-7-11-5-3-4-6-12(11)10-14/h2-8H,1,9H2/b8-7+. The summed E-state index contributed by atoms with van der Waals surface area (Å²) in [6, 6.07) is 9.06. The van der Waals surface area contributed by atoms with Gasteiger partial charge in [-0.3, -0.25) is 0 Å². The molecule has 0 unspecified atom stereocenters. The Bertz CT molecular complexity index is 455. The highest BCUT2D eigenvalue weighted by Gasteiger charge is 1.98. The van der Waals surface area contributed by atoms with E-state index in [0.29, 0.717) is 11.1 Å². The average molecular weight is 213 g/mol. The van der Waals surface area contributed by atoms with Crippen molar-refractivity contribution in [3.8, 4) is 6.07 Å². The number of nitrogens with zero attached hydrogens (tertiary/aromatic N) is 1. The highest BCUT2D eigenvalue weighted by molar-refractivity contribution is 5.87. The maximum absolute atomic E-state index is 11.1. The van der Waals surface area contributed by atoms with Gasteiger partial charge in [-0.2, -0.15) is 5.26 Å². The second-order valence-corrected chi connectivity index (χ2v) is 2.95. The number of hydrogen-bond donors (Lipinski definition) is 0. The predicted octanol–water partition coefficient (Wildman–Crippen LogP) is 2.30. The predicted molar refractivity (Wildman–Crippen MR) is 61.3 cm³/mol. The Balaban J connectivity index is 2.73. The smallest absolute Gasteiger partial charge is 0.331 e. The number of carbonyl (C=O) groups is 1. The van der Waals surface area contributed by atoms with Gasteiger partial charge < -0.3 is 4.74 Å². The summed E-state index contributed by atoms with van der Waals surface area (Å²) in [6.45, 7) is 3.62. The summed E-state index contributed by atoms with van der Waals surface area (Å²) in [7, 11) is 0. The van der Waals surface area contributed by atoms with E-state index >= 15 is 0 Å². The number of benzene rings is 1. The summed E-state index contributed by atoms with van der Waals surface area (Å²) >= 11 is 0. The van der Waals surface area contributed by atoms with E-state index in [1.807, 2.05) is 6.07 Å². The third-order valence-electron chi connectivity index (χ3n) is 1.82. The zero-order chi connectivity index (χ0) is 11.8. The van der Waals surface area contributed by atoms with Crippen LogP contribution in [0.3, 0.4) is 0 Å². The molecular formula is C13H11NO2. The van der Waals surface area contributed by atoms with Gasteiger partial charge in [-0.15, -0.1) is 0 Å². The van der Waals surface area contributed by atoms with Gasteiger partial charge in [-0.05, 0) is 17.7 Å². The molecule has 0 N–H and O–H groups in total. The van der Waals surface area contributed by atoms with Gasteiger partial charge in [0.15, 0.2) is 0 Å². The second-order valence-electron chi connectivity index (χ2n) is 2.95. The molecule has 0 aliphatic rings. The van der Waals surface area contributed by atoms with E-state index in [-0.39, 0.29) is 6.61 Å². The monoisotopic (exact) mass is 213 g/mol. The van der Waals surface area contributed by atoms with Crippen LogP contribution in [-0.2, 0) is 9.53 Å². The molecule has 3 nitrogen and oxygen atoms in total. The van der Waals surface area contributed by atoms with E-state index in [9.17, 15) is 4.79 Å². The lowest BCUT2D eigenvalue weighted by Gasteiger charge is -1.97. The largest absolute Gasteiger partial charge is 0.458 e. The van der Waals surface area contributed by atoms with Crippen molar-refractivity contribution >= 4 is 12.0 Å². The molecule has 1 rings (SSSR count). The zero-order valence-corrected chi connectivity index (χ0v) is 8.72. The fourth-order valence-electron chi connectivity index (χ4n) is 1.09. The molecule has 0 fully saturated rings. The molecule has 0 aromatic heterocycles. The minimum Gasteiger partial charge on any atom is -0.458 e. The molecule has 0 saturated heterocycles. The number of rotatable bonds is 4. The third kappa shape index (κ3) is 3.43. The summed E-state index contributed by atoms with van der Waals surface area (Å²) in [4.78, 5) is 11.1. The second kappa shape index (κ2) is 6.20. The van der Waals surface area contributed by atoms with Crippen molar-refractivity contribution < 1.29 is 9.53 Å². The van der Waals surface area contributed by atoms with Crippen LogP contribution in [-0.4, -0.2) is 12.6 Å². The number of hydrogen-bond acceptors (Lipinski definition) is 3. The Kier molecular flexibility index (Phi) is 4.55. The van der Waals surface area contributed by atoms with Crippen LogP contribution >= 0.6 is 0 Å². The molecular weight excluding hydrogens is 202 g/mol. The Hall–Kier alpha value is -2.34. The number of carbonyl (C=O) groups excluding carboxylic acids is 1. The van der Waals surface area contributed by atoms with Crippen LogP contribution in [0.4, 0.5) is 0 Å². The molecule has 0 spiro atoms. The number of nitriles is 1. The summed E-state index contributed by atoms with van der Waals surface area (Å²) in [5.74, 6) is -0.451. The molecule has 0 amide bonds. The van der Waals surface area contributed by atoms with Crippen molar-refractivity contribution in [3.63, 3.8) is 0 Å². The molecule has 0 saturated carbocycles. The van der Waals surface area contributed by atoms with E-state index in [1.165, 1.54) is 12.2 Å². The van der Waals surface area contributed by atoms with Gasteiger partial charge in [-0.1, -0.05) is 30.9 Å². The van der Waals surface area contributed by atoms with Gasteiger partial charge in [0.1, 0.15) is 6.61 Å². The maximum Gasteiger partial charge on any atom is 0.331 e. The molecule has 0 aliphatic carbocycles. The molecule has 0 aliphatic heterocycles. The van der Waals surface area contributed by atoms with Crippen LogP contribution in [0.2, 0.25) is 0 Å². The van der Waals surface area contributed by atoms with Crippen molar-refractivity contribution in [2.24, 2.45) is 0 Å². The van der Waals surface area contributed by atoms with Crippen molar-refractivity contribution in [1.82, 2.24) is 0 Å². The lowest BCUT2D eigenvalue weighted by atomic mass is 10.1. The van der Waals surface area contributed by atoms with Crippen LogP contribution in [0.1, 0.15) is 11.1 Å². The fourth-order valence-corrected chi connectivity index (χ4v) is 1.09. The van der Waals surface area contributed by atoms with Gasteiger partial charge in [0.25, 0.3) is 0 Å². The van der Waals surface area contributed by atoms with E-state index < -0.39 is 5.97 Å². The van der Waals surface area contributed by atoms with E-state index in [1.54, 1.807) is 30.3 Å². The first-order valence-electron chi connectivity index (χ1n) is 4.73. The van der Waals surface area contributed by atoms with Gasteiger partial charge in [-0.25, -0.2) is 4.79 Å². The first-order valence-corrected chi connectivity index (χ1v) is 4.73. The summed E-state index contributed by atoms with van der Waals surface area (Å²) in [5, 5.41) is 8.81. The minimum atomic E-state index is -0.451. The Morgan fingerprint density at radius 1 is 1.50 bits per heavy atom. The van der Waals surface area contributed by atoms with E-state index in [0.717, 1.165) is 0 Å². The van der Waals surface area contributed by atoms with Gasteiger partial charge in [0, 0.05) is 6.08 Å². The molecule has 80 valence electrons. The quantitative estimate of drug-likeness (QED) is 0.438. The van der Waals surface area contributed by atoms with Gasteiger partial charge in [0.05, 0.1) is 11.6 Å². The zero-order valence-electron chi connectivity index (χ0n) is 8.72. The molecule has 0 radical (unpaired) electrons. The van der Waals surface area contributed by atoms with Crippen LogP contribution in [0.5, 0.6) is 0 Å². The molecule has 16 heavy (non-hydrogen) atoms. The maximum atomic E-state index is 11.1. The van der Waals surface area contributed by atoms with Crippen molar-refractivity contribution in [2.75, 3.05) is 6.61 Å². The van der Waals surface area contributed by atoms with Crippen LogP contribution in [0, 0.1) is 11.3 Å². The minimum absolute atomic E-state index is 0.184. The SMILES string of the molecule is C=CCOC(=O)/C=C/c1ccccc1C#N. The normalized spacial score (nSPS) is 9.69. The fraction of sp³-hybridized carbons (Fsp3) is 0.0769. The molecule has 0 heterocycles. The Labute approximate surface area is 94.3 Å².